The second-order valence-corrected chi connectivity index (χ2v) is 7.25. The number of thioether (sulfide) groups is 1. The molecule has 0 radical (unpaired) electrons. The van der Waals surface area contributed by atoms with Gasteiger partial charge in [-0.15, -0.1) is 0 Å². The first kappa shape index (κ1) is 15.6. The summed E-state index contributed by atoms with van der Waals surface area (Å²) in [4.78, 5) is 25.7. The van der Waals surface area contributed by atoms with E-state index in [0.717, 1.165) is 44.2 Å². The number of hydrogen-bond donors (Lipinski definition) is 0. The van der Waals surface area contributed by atoms with Crippen molar-refractivity contribution < 1.29 is 4.79 Å². The van der Waals surface area contributed by atoms with Gasteiger partial charge in [-0.1, -0.05) is 6.92 Å². The minimum Gasteiger partial charge on any atom is -0.338 e. The van der Waals surface area contributed by atoms with Gasteiger partial charge in [0.2, 0.25) is 11.9 Å². The molecule has 3 aliphatic rings. The number of rotatable bonds is 5. The molecule has 3 saturated heterocycles. The highest BCUT2D eigenvalue weighted by atomic mass is 32.2. The molecule has 0 N–H and O–H groups in total. The lowest BCUT2D eigenvalue weighted by Gasteiger charge is -2.36. The molecule has 2 bridgehead atoms. The minimum atomic E-state index is 0.309. The molecule has 3 fully saturated rings. The van der Waals surface area contributed by atoms with Crippen molar-refractivity contribution in [3.63, 3.8) is 0 Å². The maximum Gasteiger partial charge on any atom is 0.232 e. The van der Waals surface area contributed by atoms with Crippen LogP contribution in [0.2, 0.25) is 0 Å². The highest BCUT2D eigenvalue weighted by molar-refractivity contribution is 7.99. The highest BCUT2D eigenvalue weighted by Gasteiger charge is 2.37. The van der Waals surface area contributed by atoms with Crippen LogP contribution in [0, 0.1) is 5.92 Å². The lowest BCUT2D eigenvalue weighted by molar-refractivity contribution is -0.132. The summed E-state index contributed by atoms with van der Waals surface area (Å²) in [5.74, 6) is 3.34. The fourth-order valence-electron chi connectivity index (χ4n) is 3.39. The fraction of sp³-hybridized carbons (Fsp3) is 0.688. The smallest absolute Gasteiger partial charge is 0.232 e. The second kappa shape index (κ2) is 7.31. The van der Waals surface area contributed by atoms with E-state index in [0.29, 0.717) is 23.6 Å². The summed E-state index contributed by atoms with van der Waals surface area (Å²) in [5, 5.41) is 0. The van der Waals surface area contributed by atoms with Gasteiger partial charge in [0.15, 0.2) is 0 Å². The van der Waals surface area contributed by atoms with E-state index in [1.54, 1.807) is 24.2 Å². The van der Waals surface area contributed by atoms with E-state index >= 15 is 0 Å². The van der Waals surface area contributed by atoms with Crippen LogP contribution in [0.1, 0.15) is 26.2 Å². The summed E-state index contributed by atoms with van der Waals surface area (Å²) in [6.07, 6.45) is 7.03. The van der Waals surface area contributed by atoms with E-state index in [9.17, 15) is 4.79 Å². The van der Waals surface area contributed by atoms with Gasteiger partial charge >= 0.3 is 0 Å². The molecule has 6 heteroatoms. The molecule has 4 rings (SSSR count). The van der Waals surface area contributed by atoms with E-state index in [4.69, 9.17) is 0 Å². The van der Waals surface area contributed by atoms with Gasteiger partial charge in [-0.3, -0.25) is 4.79 Å². The topological polar surface area (TPSA) is 49.3 Å². The van der Waals surface area contributed by atoms with Gasteiger partial charge in [0.25, 0.3) is 0 Å². The lowest BCUT2D eigenvalue weighted by Crippen LogP contribution is -2.48. The SMILES string of the molecule is CCCSCC(=O)N1C[C@H]2CC[C@@H]1CN(c1ncccn1)C2. The molecule has 0 spiro atoms. The van der Waals surface area contributed by atoms with Crippen molar-refractivity contribution in [2.75, 3.05) is 36.0 Å². The predicted octanol–water partition coefficient (Wildman–Crippen LogP) is 2.05. The third kappa shape index (κ3) is 3.54. The van der Waals surface area contributed by atoms with Crippen LogP contribution in [0.3, 0.4) is 0 Å². The van der Waals surface area contributed by atoms with Crippen LogP contribution in [0.15, 0.2) is 18.5 Å². The maximum absolute atomic E-state index is 12.5. The molecule has 0 aromatic carbocycles. The van der Waals surface area contributed by atoms with Crippen LogP contribution in [0.5, 0.6) is 0 Å². The number of hydrogen-bond acceptors (Lipinski definition) is 5. The molecule has 2 atom stereocenters. The highest BCUT2D eigenvalue weighted by Crippen LogP contribution is 2.29. The largest absolute Gasteiger partial charge is 0.338 e. The number of aromatic nitrogens is 2. The van der Waals surface area contributed by atoms with E-state index in [1.165, 1.54) is 6.42 Å². The molecule has 0 unspecified atom stereocenters. The van der Waals surface area contributed by atoms with Crippen molar-refractivity contribution in [2.45, 2.75) is 32.2 Å². The number of anilines is 1. The average molecular weight is 320 g/mol. The summed E-state index contributed by atoms with van der Waals surface area (Å²) >= 11 is 1.76. The first-order valence-corrected chi connectivity index (χ1v) is 9.32. The number of carbonyl (C=O) groups excluding carboxylic acids is 1. The van der Waals surface area contributed by atoms with Gasteiger partial charge in [-0.2, -0.15) is 11.8 Å². The van der Waals surface area contributed by atoms with Crippen molar-refractivity contribution >= 4 is 23.6 Å². The zero-order chi connectivity index (χ0) is 15.4. The molecule has 5 nitrogen and oxygen atoms in total. The van der Waals surface area contributed by atoms with Crippen LogP contribution >= 0.6 is 11.8 Å². The molecule has 0 saturated carbocycles. The van der Waals surface area contributed by atoms with Gasteiger partial charge in [-0.25, -0.2) is 9.97 Å². The third-order valence-corrected chi connectivity index (χ3v) is 5.59. The Kier molecular flexibility index (Phi) is 5.18. The van der Waals surface area contributed by atoms with Crippen molar-refractivity contribution in [1.82, 2.24) is 14.9 Å². The monoisotopic (exact) mass is 320 g/mol. The number of carbonyl (C=O) groups is 1. The summed E-state index contributed by atoms with van der Waals surface area (Å²) < 4.78 is 0. The fourth-order valence-corrected chi connectivity index (χ4v) is 4.17. The Morgan fingerprint density at radius 3 is 2.86 bits per heavy atom. The Balaban J connectivity index is 1.67. The third-order valence-electron chi connectivity index (χ3n) is 4.44. The van der Waals surface area contributed by atoms with Crippen LogP contribution in [-0.2, 0) is 4.79 Å². The predicted molar refractivity (Wildman–Crippen MR) is 90.1 cm³/mol. The molecular weight excluding hydrogens is 296 g/mol. The molecule has 1 aromatic heterocycles. The Morgan fingerprint density at radius 1 is 1.27 bits per heavy atom. The van der Waals surface area contributed by atoms with E-state index in [1.807, 2.05) is 6.07 Å². The zero-order valence-corrected chi connectivity index (χ0v) is 14.0. The summed E-state index contributed by atoms with van der Waals surface area (Å²) in [6, 6.07) is 2.16. The number of piperidine rings is 1. The number of nitrogens with zero attached hydrogens (tertiary/aromatic N) is 4. The van der Waals surface area contributed by atoms with Gasteiger partial charge in [0, 0.05) is 38.1 Å². The van der Waals surface area contributed by atoms with Gasteiger partial charge in [0.1, 0.15) is 0 Å². The maximum atomic E-state index is 12.5. The Morgan fingerprint density at radius 2 is 2.09 bits per heavy atom. The number of fused-ring (bicyclic) bond motifs is 4. The molecule has 4 heterocycles. The molecule has 0 aliphatic carbocycles. The normalized spacial score (nSPS) is 24.4. The standard InChI is InChI=1S/C16H24N4OS/c1-2-8-22-12-15(21)20-10-13-4-5-14(20)11-19(9-13)16-17-6-3-7-18-16/h3,6-7,13-14H,2,4-5,8-12H2,1H3/t13-,14+/m0/s1. The van der Waals surface area contributed by atoms with E-state index in [-0.39, 0.29) is 0 Å². The first-order chi connectivity index (χ1) is 10.8. The quantitative estimate of drug-likeness (QED) is 0.777. The van der Waals surface area contributed by atoms with Crippen molar-refractivity contribution in [3.05, 3.63) is 18.5 Å². The molecule has 120 valence electrons. The van der Waals surface area contributed by atoms with Crippen LogP contribution in [0.25, 0.3) is 0 Å². The summed E-state index contributed by atoms with van der Waals surface area (Å²) in [5.41, 5.74) is 0. The summed E-state index contributed by atoms with van der Waals surface area (Å²) in [6.45, 7) is 4.89. The summed E-state index contributed by atoms with van der Waals surface area (Å²) in [7, 11) is 0. The van der Waals surface area contributed by atoms with E-state index in [2.05, 4.69) is 26.7 Å². The minimum absolute atomic E-state index is 0.309. The first-order valence-electron chi connectivity index (χ1n) is 8.17. The zero-order valence-electron chi connectivity index (χ0n) is 13.1. The van der Waals surface area contributed by atoms with Gasteiger partial charge < -0.3 is 9.80 Å². The van der Waals surface area contributed by atoms with Crippen molar-refractivity contribution in [3.8, 4) is 0 Å². The van der Waals surface area contributed by atoms with Crippen LogP contribution < -0.4 is 4.90 Å². The molecule has 22 heavy (non-hydrogen) atoms. The number of amides is 1. The van der Waals surface area contributed by atoms with E-state index < -0.39 is 0 Å². The average Bonchev–Trinajstić information content (AvgIpc) is 2.87. The Labute approximate surface area is 136 Å². The molecule has 1 aromatic rings. The molecule has 3 aliphatic heterocycles. The van der Waals surface area contributed by atoms with Gasteiger partial charge in [-0.05, 0) is 37.0 Å². The van der Waals surface area contributed by atoms with Crippen molar-refractivity contribution in [1.29, 1.82) is 0 Å². The molecule has 1 amide bonds. The van der Waals surface area contributed by atoms with Crippen LogP contribution in [-0.4, -0.2) is 58.0 Å². The van der Waals surface area contributed by atoms with Crippen molar-refractivity contribution in [2.24, 2.45) is 5.92 Å². The van der Waals surface area contributed by atoms with Gasteiger partial charge in [0.05, 0.1) is 5.75 Å². The second-order valence-electron chi connectivity index (χ2n) is 6.15. The Hall–Kier alpha value is -1.30. The lowest BCUT2D eigenvalue weighted by atomic mass is 9.95. The molecular formula is C16H24N4OS. The Bertz CT molecular complexity index is 498. The van der Waals surface area contributed by atoms with Crippen LogP contribution in [0.4, 0.5) is 5.95 Å².